The molecule has 3 aromatic rings. The van der Waals surface area contributed by atoms with Crippen LogP contribution in [0.4, 0.5) is 5.82 Å². The summed E-state index contributed by atoms with van der Waals surface area (Å²) in [5, 5.41) is 6.91. The Kier molecular flexibility index (Phi) is 3.65. The summed E-state index contributed by atoms with van der Waals surface area (Å²) in [6.07, 6.45) is 5.44. The van der Waals surface area contributed by atoms with E-state index < -0.39 is 0 Å². The number of hydrogen-bond donors (Lipinski definition) is 1. The summed E-state index contributed by atoms with van der Waals surface area (Å²) in [4.78, 5) is 4.58. The highest BCUT2D eigenvalue weighted by Gasteiger charge is 2.18. The zero-order valence-electron chi connectivity index (χ0n) is 13.5. The Balaban J connectivity index is 1.88. The van der Waals surface area contributed by atoms with E-state index in [0.717, 1.165) is 55.4 Å². The van der Waals surface area contributed by atoms with E-state index >= 15 is 0 Å². The lowest BCUT2D eigenvalue weighted by Gasteiger charge is -2.22. The molecule has 0 unspecified atom stereocenters. The average Bonchev–Trinajstić information content (AvgIpc) is 3.01. The Bertz CT molecular complexity index is 849. The monoisotopic (exact) mass is 310 g/mol. The number of rotatable bonds is 3. The molecule has 0 saturated carbocycles. The van der Waals surface area contributed by atoms with Crippen LogP contribution in [0.3, 0.4) is 0 Å². The number of nitrogens with two attached hydrogens (primary N) is 1. The van der Waals surface area contributed by atoms with Gasteiger partial charge < -0.3 is 10.5 Å². The van der Waals surface area contributed by atoms with Crippen LogP contribution < -0.4 is 5.73 Å². The lowest BCUT2D eigenvalue weighted by atomic mass is 9.90. The first-order valence-electron chi connectivity index (χ1n) is 8.38. The summed E-state index contributed by atoms with van der Waals surface area (Å²) in [6, 6.07) is 6.35. The smallest absolute Gasteiger partial charge is 0.152 e. The van der Waals surface area contributed by atoms with E-state index in [0.29, 0.717) is 11.7 Å². The Morgan fingerprint density at radius 2 is 2.13 bits per heavy atom. The molecule has 4 rings (SSSR count). The van der Waals surface area contributed by atoms with Gasteiger partial charge in [0, 0.05) is 36.7 Å². The third-order valence-electron chi connectivity index (χ3n) is 4.82. The van der Waals surface area contributed by atoms with Gasteiger partial charge in [0.25, 0.3) is 0 Å². The maximum Gasteiger partial charge on any atom is 0.152 e. The molecule has 2 aromatic heterocycles. The SMILES string of the molecule is CCn1cc2c(n1)c(N)nc1cccc(CC3CCOCC3)c12. The average molecular weight is 310 g/mol. The molecule has 1 saturated heterocycles. The van der Waals surface area contributed by atoms with Crippen molar-refractivity contribution in [2.45, 2.75) is 32.7 Å². The fraction of sp³-hybridized carbons (Fsp3) is 0.444. The van der Waals surface area contributed by atoms with Gasteiger partial charge in [0.05, 0.1) is 5.52 Å². The fourth-order valence-corrected chi connectivity index (χ4v) is 3.56. The largest absolute Gasteiger partial charge is 0.382 e. The second-order valence-electron chi connectivity index (χ2n) is 6.32. The predicted molar refractivity (Wildman–Crippen MR) is 92.4 cm³/mol. The maximum absolute atomic E-state index is 6.12. The van der Waals surface area contributed by atoms with Crippen molar-refractivity contribution in [1.29, 1.82) is 0 Å². The molecule has 0 atom stereocenters. The van der Waals surface area contributed by atoms with Gasteiger partial charge in [0.2, 0.25) is 0 Å². The first-order chi connectivity index (χ1) is 11.3. The number of ether oxygens (including phenoxy) is 1. The number of anilines is 1. The van der Waals surface area contributed by atoms with Gasteiger partial charge in [-0.05, 0) is 43.7 Å². The van der Waals surface area contributed by atoms with Gasteiger partial charge in [-0.3, -0.25) is 4.68 Å². The summed E-state index contributed by atoms with van der Waals surface area (Å²) in [6.45, 7) is 4.67. The van der Waals surface area contributed by atoms with Crippen molar-refractivity contribution in [2.75, 3.05) is 18.9 Å². The minimum atomic E-state index is 0.517. The predicted octanol–water partition coefficient (Wildman–Crippen LogP) is 3.16. The molecule has 1 aliphatic heterocycles. The van der Waals surface area contributed by atoms with Crippen molar-refractivity contribution in [3.63, 3.8) is 0 Å². The van der Waals surface area contributed by atoms with Gasteiger partial charge >= 0.3 is 0 Å². The van der Waals surface area contributed by atoms with E-state index in [-0.39, 0.29) is 0 Å². The van der Waals surface area contributed by atoms with E-state index in [4.69, 9.17) is 10.5 Å². The summed E-state index contributed by atoms with van der Waals surface area (Å²) in [7, 11) is 0. The zero-order valence-corrected chi connectivity index (χ0v) is 13.5. The quantitative estimate of drug-likeness (QED) is 0.807. The minimum Gasteiger partial charge on any atom is -0.382 e. The molecular weight excluding hydrogens is 288 g/mol. The second-order valence-corrected chi connectivity index (χ2v) is 6.32. The van der Waals surface area contributed by atoms with Crippen LogP contribution in [0.2, 0.25) is 0 Å². The van der Waals surface area contributed by atoms with Gasteiger partial charge in [0.1, 0.15) is 5.52 Å². The number of hydrogen-bond acceptors (Lipinski definition) is 4. The maximum atomic E-state index is 6.12. The summed E-state index contributed by atoms with van der Waals surface area (Å²) >= 11 is 0. The van der Waals surface area contributed by atoms with E-state index in [2.05, 4.69) is 35.3 Å². The minimum absolute atomic E-state index is 0.517. The molecule has 1 aliphatic rings. The molecule has 0 amide bonds. The van der Waals surface area contributed by atoms with E-state index in [1.54, 1.807) is 0 Å². The third kappa shape index (κ3) is 2.55. The van der Waals surface area contributed by atoms with Crippen LogP contribution >= 0.6 is 0 Å². The highest BCUT2D eigenvalue weighted by molar-refractivity contribution is 6.09. The van der Waals surface area contributed by atoms with E-state index in [1.165, 1.54) is 10.9 Å². The summed E-state index contributed by atoms with van der Waals surface area (Å²) in [5.41, 5.74) is 9.26. The molecule has 2 N–H and O–H groups in total. The van der Waals surface area contributed by atoms with Crippen LogP contribution in [0.15, 0.2) is 24.4 Å². The van der Waals surface area contributed by atoms with Crippen molar-refractivity contribution in [1.82, 2.24) is 14.8 Å². The van der Waals surface area contributed by atoms with E-state index in [1.807, 2.05) is 10.7 Å². The van der Waals surface area contributed by atoms with Crippen molar-refractivity contribution in [3.05, 3.63) is 30.0 Å². The van der Waals surface area contributed by atoms with E-state index in [9.17, 15) is 0 Å². The number of aromatic nitrogens is 3. The Morgan fingerprint density at radius 1 is 1.30 bits per heavy atom. The molecule has 0 spiro atoms. The number of nitrogen functional groups attached to an aromatic ring is 1. The van der Waals surface area contributed by atoms with Crippen LogP contribution in [0.25, 0.3) is 21.8 Å². The lowest BCUT2D eigenvalue weighted by Crippen LogP contribution is -2.17. The highest BCUT2D eigenvalue weighted by Crippen LogP contribution is 2.32. The van der Waals surface area contributed by atoms with Crippen LogP contribution in [0, 0.1) is 5.92 Å². The van der Waals surface area contributed by atoms with Gasteiger partial charge in [-0.1, -0.05) is 12.1 Å². The standard InChI is InChI=1S/C18H22N4O/c1-2-22-11-14-16-13(10-12-6-8-23-9-7-12)4-3-5-15(16)20-18(19)17(14)21-22/h3-5,11-12H,2,6-10H2,1H3,(H2,19,20). The molecule has 0 aliphatic carbocycles. The molecule has 0 radical (unpaired) electrons. The second kappa shape index (κ2) is 5.81. The number of pyridine rings is 1. The Labute approximate surface area is 135 Å². The van der Waals surface area contributed by atoms with Gasteiger partial charge in [-0.2, -0.15) is 5.10 Å². The topological polar surface area (TPSA) is 66.0 Å². The van der Waals surface area contributed by atoms with Crippen LogP contribution in [0.5, 0.6) is 0 Å². The van der Waals surface area contributed by atoms with Crippen molar-refractivity contribution < 1.29 is 4.74 Å². The molecule has 5 heteroatoms. The van der Waals surface area contributed by atoms with Crippen LogP contribution in [-0.4, -0.2) is 28.0 Å². The van der Waals surface area contributed by atoms with Crippen LogP contribution in [0.1, 0.15) is 25.3 Å². The molecule has 120 valence electrons. The van der Waals surface area contributed by atoms with Gasteiger partial charge in [-0.15, -0.1) is 0 Å². The van der Waals surface area contributed by atoms with Crippen molar-refractivity contribution in [2.24, 2.45) is 5.92 Å². The molecule has 3 heterocycles. The molecular formula is C18H22N4O. The fourth-order valence-electron chi connectivity index (χ4n) is 3.56. The summed E-state index contributed by atoms with van der Waals surface area (Å²) < 4.78 is 7.42. The number of nitrogens with zero attached hydrogens (tertiary/aromatic N) is 3. The normalized spacial score (nSPS) is 16.4. The van der Waals surface area contributed by atoms with Gasteiger partial charge in [-0.25, -0.2) is 4.98 Å². The van der Waals surface area contributed by atoms with Gasteiger partial charge in [0.15, 0.2) is 5.82 Å². The molecule has 1 aromatic carbocycles. The van der Waals surface area contributed by atoms with Crippen LogP contribution in [-0.2, 0) is 17.7 Å². The number of benzene rings is 1. The van der Waals surface area contributed by atoms with Crippen molar-refractivity contribution >= 4 is 27.6 Å². The van der Waals surface area contributed by atoms with Crippen molar-refractivity contribution in [3.8, 4) is 0 Å². The molecule has 1 fully saturated rings. The Morgan fingerprint density at radius 3 is 2.91 bits per heavy atom. The molecule has 23 heavy (non-hydrogen) atoms. The summed E-state index contributed by atoms with van der Waals surface area (Å²) in [5.74, 6) is 1.20. The first-order valence-corrected chi connectivity index (χ1v) is 8.38. The molecule has 5 nitrogen and oxygen atoms in total. The first kappa shape index (κ1) is 14.5. The third-order valence-corrected chi connectivity index (χ3v) is 4.82. The Hall–Kier alpha value is -2.14. The zero-order chi connectivity index (χ0) is 15.8. The number of aryl methyl sites for hydroxylation is 1. The highest BCUT2D eigenvalue weighted by atomic mass is 16.5. The number of fused-ring (bicyclic) bond motifs is 3. The molecule has 0 bridgehead atoms. The lowest BCUT2D eigenvalue weighted by molar-refractivity contribution is 0.0666.